The number of amides is 2. The van der Waals surface area contributed by atoms with Gasteiger partial charge in [-0.25, -0.2) is 9.78 Å². The summed E-state index contributed by atoms with van der Waals surface area (Å²) in [5.74, 6) is 0. The first-order valence-electron chi connectivity index (χ1n) is 5.84. The number of aryl methyl sites for hydroxylation is 1. The fourth-order valence-corrected chi connectivity index (χ4v) is 2.76. The highest BCUT2D eigenvalue weighted by Crippen LogP contribution is 2.13. The van der Waals surface area contributed by atoms with Crippen LogP contribution in [-0.4, -0.2) is 35.0 Å². The van der Waals surface area contributed by atoms with Gasteiger partial charge in [0.2, 0.25) is 0 Å². The Bertz CT molecular complexity index is 385. The van der Waals surface area contributed by atoms with Crippen LogP contribution < -0.4 is 11.1 Å². The summed E-state index contributed by atoms with van der Waals surface area (Å²) in [5.41, 5.74) is 5.24. The molecular formula is C11H18N4OS. The van der Waals surface area contributed by atoms with Crippen LogP contribution in [0.3, 0.4) is 0 Å². The molecule has 1 aromatic heterocycles. The molecular weight excluding hydrogens is 236 g/mol. The smallest absolute Gasteiger partial charge is 0.314 e. The number of nitrogens with two attached hydrogens (primary N) is 1. The Labute approximate surface area is 105 Å². The van der Waals surface area contributed by atoms with Crippen LogP contribution in [0, 0.1) is 6.92 Å². The minimum Gasteiger partial charge on any atom is -0.351 e. The lowest BCUT2D eigenvalue weighted by molar-refractivity contribution is 0.185. The van der Waals surface area contributed by atoms with E-state index in [1.807, 2.05) is 6.20 Å². The fourth-order valence-electron chi connectivity index (χ4n) is 2.02. The van der Waals surface area contributed by atoms with Crippen molar-refractivity contribution >= 4 is 17.4 Å². The number of piperidine rings is 1. The van der Waals surface area contributed by atoms with E-state index in [-0.39, 0.29) is 6.03 Å². The van der Waals surface area contributed by atoms with Crippen LogP contribution in [-0.2, 0) is 6.54 Å². The highest BCUT2D eigenvalue weighted by Gasteiger charge is 2.20. The van der Waals surface area contributed by atoms with Gasteiger partial charge in [0.05, 0.1) is 0 Å². The lowest BCUT2D eigenvalue weighted by Gasteiger charge is -2.31. The number of nitrogens with one attached hydrogen (secondary N) is 1. The van der Waals surface area contributed by atoms with Crippen molar-refractivity contribution in [3.63, 3.8) is 0 Å². The number of hydrogen-bond donors (Lipinski definition) is 2. The normalized spacial score (nSPS) is 17.4. The molecule has 2 amide bonds. The predicted octanol–water partition coefficient (Wildman–Crippen LogP) is 1.08. The van der Waals surface area contributed by atoms with Crippen LogP contribution in [0.25, 0.3) is 0 Å². The molecule has 1 aliphatic heterocycles. The zero-order chi connectivity index (χ0) is 12.3. The van der Waals surface area contributed by atoms with E-state index in [1.165, 1.54) is 4.88 Å². The maximum Gasteiger partial charge on any atom is 0.314 e. The summed E-state index contributed by atoms with van der Waals surface area (Å²) in [7, 11) is 0. The molecule has 0 bridgehead atoms. The number of carbonyl (C=O) groups excluding carboxylic acids is 1. The third-order valence-electron chi connectivity index (χ3n) is 3.02. The Morgan fingerprint density at radius 1 is 1.65 bits per heavy atom. The zero-order valence-electron chi connectivity index (χ0n) is 9.98. The van der Waals surface area contributed by atoms with Crippen LogP contribution in [0.5, 0.6) is 0 Å². The number of urea groups is 1. The van der Waals surface area contributed by atoms with E-state index in [0.717, 1.165) is 37.5 Å². The summed E-state index contributed by atoms with van der Waals surface area (Å²) >= 11 is 1.72. The van der Waals surface area contributed by atoms with Gasteiger partial charge in [-0.2, -0.15) is 0 Å². The van der Waals surface area contributed by atoms with Crippen LogP contribution in [0.4, 0.5) is 4.79 Å². The van der Waals surface area contributed by atoms with Crippen LogP contribution in [0.1, 0.15) is 22.7 Å². The highest BCUT2D eigenvalue weighted by molar-refractivity contribution is 7.11. The SMILES string of the molecule is Cc1cnc(CNC2CCN(C(N)=O)CC2)s1. The molecule has 0 aromatic carbocycles. The van der Waals surface area contributed by atoms with Crippen LogP contribution in [0.2, 0.25) is 0 Å². The average Bonchev–Trinajstić information content (AvgIpc) is 2.73. The number of aromatic nitrogens is 1. The Hall–Kier alpha value is -1.14. The lowest BCUT2D eigenvalue weighted by atomic mass is 10.1. The van der Waals surface area contributed by atoms with Gasteiger partial charge in [-0.3, -0.25) is 0 Å². The Morgan fingerprint density at radius 3 is 2.88 bits per heavy atom. The highest BCUT2D eigenvalue weighted by atomic mass is 32.1. The van der Waals surface area contributed by atoms with E-state index < -0.39 is 0 Å². The van der Waals surface area contributed by atoms with Crippen molar-refractivity contribution in [3.05, 3.63) is 16.1 Å². The molecule has 1 aliphatic rings. The minimum absolute atomic E-state index is 0.306. The molecule has 0 aliphatic carbocycles. The van der Waals surface area contributed by atoms with Gasteiger partial charge in [-0.1, -0.05) is 0 Å². The number of rotatable bonds is 3. The predicted molar refractivity (Wildman–Crippen MR) is 67.9 cm³/mol. The molecule has 0 spiro atoms. The topological polar surface area (TPSA) is 71.2 Å². The van der Waals surface area contributed by atoms with E-state index in [0.29, 0.717) is 6.04 Å². The van der Waals surface area contributed by atoms with Gasteiger partial charge < -0.3 is 16.0 Å². The first kappa shape index (κ1) is 12.3. The van der Waals surface area contributed by atoms with Gasteiger partial charge in [-0.15, -0.1) is 11.3 Å². The molecule has 0 unspecified atom stereocenters. The van der Waals surface area contributed by atoms with Crippen molar-refractivity contribution in [1.82, 2.24) is 15.2 Å². The second-order valence-corrected chi connectivity index (χ2v) is 5.66. The van der Waals surface area contributed by atoms with Crippen LogP contribution in [0.15, 0.2) is 6.20 Å². The van der Waals surface area contributed by atoms with E-state index in [2.05, 4.69) is 17.2 Å². The molecule has 0 saturated carbocycles. The molecule has 94 valence electrons. The molecule has 1 aromatic rings. The van der Waals surface area contributed by atoms with Gasteiger partial charge in [-0.05, 0) is 19.8 Å². The molecule has 17 heavy (non-hydrogen) atoms. The lowest BCUT2D eigenvalue weighted by Crippen LogP contribution is -2.46. The zero-order valence-corrected chi connectivity index (χ0v) is 10.8. The van der Waals surface area contributed by atoms with E-state index >= 15 is 0 Å². The molecule has 0 radical (unpaired) electrons. The standard InChI is InChI=1S/C11H18N4OS/c1-8-6-14-10(17-8)7-13-9-2-4-15(5-3-9)11(12)16/h6,9,13H,2-5,7H2,1H3,(H2,12,16). The van der Waals surface area contributed by atoms with Crippen molar-refractivity contribution in [2.24, 2.45) is 5.73 Å². The van der Waals surface area contributed by atoms with E-state index in [9.17, 15) is 4.79 Å². The summed E-state index contributed by atoms with van der Waals surface area (Å²) in [4.78, 5) is 18.2. The quantitative estimate of drug-likeness (QED) is 0.848. The van der Waals surface area contributed by atoms with Crippen molar-refractivity contribution in [3.8, 4) is 0 Å². The van der Waals surface area contributed by atoms with Gasteiger partial charge in [0.15, 0.2) is 0 Å². The molecule has 1 saturated heterocycles. The largest absolute Gasteiger partial charge is 0.351 e. The third-order valence-corrected chi connectivity index (χ3v) is 3.93. The first-order valence-corrected chi connectivity index (χ1v) is 6.66. The Kier molecular flexibility index (Phi) is 3.96. The maximum atomic E-state index is 11.0. The molecule has 2 heterocycles. The third kappa shape index (κ3) is 3.41. The molecule has 1 fully saturated rings. The number of hydrogen-bond acceptors (Lipinski definition) is 4. The Balaban J connectivity index is 1.73. The maximum absolute atomic E-state index is 11.0. The van der Waals surface area contributed by atoms with E-state index in [1.54, 1.807) is 16.2 Å². The molecule has 0 atom stereocenters. The molecule has 6 heteroatoms. The number of carbonyl (C=O) groups is 1. The fraction of sp³-hybridized carbons (Fsp3) is 0.636. The average molecular weight is 254 g/mol. The van der Waals surface area contributed by atoms with Gasteiger partial charge >= 0.3 is 6.03 Å². The molecule has 5 nitrogen and oxygen atoms in total. The van der Waals surface area contributed by atoms with E-state index in [4.69, 9.17) is 5.73 Å². The molecule has 2 rings (SSSR count). The van der Waals surface area contributed by atoms with Crippen molar-refractivity contribution < 1.29 is 4.79 Å². The summed E-state index contributed by atoms with van der Waals surface area (Å²) in [6, 6.07) is 0.161. The van der Waals surface area contributed by atoms with Crippen molar-refractivity contribution in [1.29, 1.82) is 0 Å². The summed E-state index contributed by atoms with van der Waals surface area (Å²) < 4.78 is 0. The number of likely N-dealkylation sites (tertiary alicyclic amines) is 1. The summed E-state index contributed by atoms with van der Waals surface area (Å²) in [6.07, 6.45) is 3.83. The second-order valence-electron chi connectivity index (χ2n) is 4.35. The number of nitrogens with zero attached hydrogens (tertiary/aromatic N) is 2. The monoisotopic (exact) mass is 254 g/mol. The number of primary amides is 1. The van der Waals surface area contributed by atoms with Gasteiger partial charge in [0.1, 0.15) is 5.01 Å². The van der Waals surface area contributed by atoms with Crippen molar-refractivity contribution in [2.45, 2.75) is 32.4 Å². The van der Waals surface area contributed by atoms with Crippen molar-refractivity contribution in [2.75, 3.05) is 13.1 Å². The number of thiazole rings is 1. The minimum atomic E-state index is -0.306. The molecule has 3 N–H and O–H groups in total. The first-order chi connectivity index (χ1) is 8.15. The van der Waals surface area contributed by atoms with Crippen LogP contribution >= 0.6 is 11.3 Å². The van der Waals surface area contributed by atoms with Gasteiger partial charge in [0.25, 0.3) is 0 Å². The summed E-state index contributed by atoms with van der Waals surface area (Å²) in [5, 5.41) is 4.60. The Morgan fingerprint density at radius 2 is 2.35 bits per heavy atom. The second kappa shape index (κ2) is 5.46. The van der Waals surface area contributed by atoms with Gasteiger partial charge in [0, 0.05) is 36.8 Å². The summed E-state index contributed by atoms with van der Waals surface area (Å²) in [6.45, 7) is 4.39.